The fourth-order valence-corrected chi connectivity index (χ4v) is 4.67. The summed E-state index contributed by atoms with van der Waals surface area (Å²) in [5.41, 5.74) is 2.14. The number of carbonyl (C=O) groups is 2. The minimum absolute atomic E-state index is 0.253. The number of aryl methyl sites for hydroxylation is 1. The van der Waals surface area contributed by atoms with Gasteiger partial charge < -0.3 is 34.6 Å². The average Bonchev–Trinajstić information content (AvgIpc) is 2.93. The third-order valence-electron chi connectivity index (χ3n) is 6.72. The van der Waals surface area contributed by atoms with Crippen LogP contribution in [0.3, 0.4) is 0 Å². The molecule has 1 amide bonds. The Kier molecular flexibility index (Phi) is 9.11. The third kappa shape index (κ3) is 7.29. The van der Waals surface area contributed by atoms with Crippen molar-refractivity contribution in [3.63, 3.8) is 0 Å². The molecule has 4 rings (SSSR count). The van der Waals surface area contributed by atoms with E-state index in [1.54, 1.807) is 12.0 Å². The molecule has 11 heteroatoms. The lowest BCUT2D eigenvalue weighted by Crippen LogP contribution is -2.50. The lowest BCUT2D eigenvalue weighted by molar-refractivity contribution is 0.0240. The van der Waals surface area contributed by atoms with Crippen molar-refractivity contribution in [3.8, 4) is 5.75 Å². The van der Waals surface area contributed by atoms with Crippen LogP contribution in [0.1, 0.15) is 56.7 Å². The van der Waals surface area contributed by atoms with Gasteiger partial charge in [0.25, 0.3) is 0 Å². The zero-order valence-corrected chi connectivity index (χ0v) is 23.6. The Morgan fingerprint density at radius 3 is 2.46 bits per heavy atom. The monoisotopic (exact) mass is 540 g/mol. The summed E-state index contributed by atoms with van der Waals surface area (Å²) < 4.78 is 16.7. The largest absolute Gasteiger partial charge is 0.495 e. The molecule has 0 saturated carbocycles. The van der Waals surface area contributed by atoms with Crippen LogP contribution in [0.2, 0.25) is 0 Å². The van der Waals surface area contributed by atoms with Gasteiger partial charge in [0.2, 0.25) is 0 Å². The summed E-state index contributed by atoms with van der Waals surface area (Å²) >= 11 is 0. The molecule has 212 valence electrons. The molecule has 0 unspecified atom stereocenters. The van der Waals surface area contributed by atoms with Crippen LogP contribution in [0.5, 0.6) is 5.75 Å². The second-order valence-corrected chi connectivity index (χ2v) is 10.7. The number of hydrogen-bond acceptors (Lipinski definition) is 10. The normalized spacial score (nSPS) is 16.5. The van der Waals surface area contributed by atoms with Crippen LogP contribution >= 0.6 is 0 Å². The lowest BCUT2D eigenvalue weighted by atomic mass is 10.1. The molecule has 2 aliphatic rings. The van der Waals surface area contributed by atoms with E-state index in [0.29, 0.717) is 63.2 Å². The average molecular weight is 541 g/mol. The second-order valence-electron chi connectivity index (χ2n) is 10.7. The van der Waals surface area contributed by atoms with Gasteiger partial charge in [-0.2, -0.15) is 0 Å². The molecule has 2 aliphatic heterocycles. The number of nitrogens with zero attached hydrogens (tertiary/aromatic N) is 4. The molecular weight excluding hydrogens is 500 g/mol. The molecule has 2 saturated heterocycles. The van der Waals surface area contributed by atoms with Crippen LogP contribution in [0.25, 0.3) is 0 Å². The Bertz CT molecular complexity index is 1150. The molecule has 2 aromatic rings. The van der Waals surface area contributed by atoms with Crippen LogP contribution in [0.15, 0.2) is 18.2 Å². The van der Waals surface area contributed by atoms with Gasteiger partial charge in [-0.25, -0.2) is 14.8 Å². The number of rotatable bonds is 8. The summed E-state index contributed by atoms with van der Waals surface area (Å²) in [6.45, 7) is 11.5. The Morgan fingerprint density at radius 2 is 1.85 bits per heavy atom. The SMILES string of the molecule is CCc1nc(C=O)c(Nc2ccc(N3CCN(C(=O)OC(C)(C)C)CC3)c(OC)c2)nc1NC1CCOCC1. The lowest BCUT2D eigenvalue weighted by Gasteiger charge is -2.37. The highest BCUT2D eigenvalue weighted by Crippen LogP contribution is 2.34. The number of benzene rings is 1. The van der Waals surface area contributed by atoms with E-state index in [-0.39, 0.29) is 17.8 Å². The maximum Gasteiger partial charge on any atom is 0.410 e. The van der Waals surface area contributed by atoms with Gasteiger partial charge in [-0.15, -0.1) is 0 Å². The quantitative estimate of drug-likeness (QED) is 0.471. The van der Waals surface area contributed by atoms with Crippen molar-refractivity contribution in [2.75, 3.05) is 62.0 Å². The van der Waals surface area contributed by atoms with Crippen LogP contribution in [-0.4, -0.2) is 85.4 Å². The van der Waals surface area contributed by atoms with Gasteiger partial charge >= 0.3 is 6.09 Å². The van der Waals surface area contributed by atoms with Crippen LogP contribution in [0, 0.1) is 0 Å². The van der Waals surface area contributed by atoms with Crippen molar-refractivity contribution in [2.24, 2.45) is 0 Å². The number of anilines is 4. The van der Waals surface area contributed by atoms with E-state index in [2.05, 4.69) is 20.5 Å². The Labute approximate surface area is 230 Å². The van der Waals surface area contributed by atoms with E-state index < -0.39 is 5.60 Å². The standard InChI is InChI=1S/C28H40N6O5/c1-6-21-25(29-19-9-15-38-16-10-19)32-26(22(18-35)31-21)30-20-7-8-23(24(17-20)37-5)33-11-13-34(14-12-33)27(36)39-28(2,3)4/h7-8,17-19H,6,9-16H2,1-5H3,(H2,29,30,32). The fraction of sp³-hybridized carbons (Fsp3) is 0.571. The minimum Gasteiger partial charge on any atom is -0.495 e. The highest BCUT2D eigenvalue weighted by Gasteiger charge is 2.27. The van der Waals surface area contributed by atoms with Crippen molar-refractivity contribution < 1.29 is 23.8 Å². The summed E-state index contributed by atoms with van der Waals surface area (Å²) in [4.78, 5) is 37.6. The molecule has 1 aromatic carbocycles. The van der Waals surface area contributed by atoms with Gasteiger partial charge in [-0.1, -0.05) is 6.92 Å². The molecule has 39 heavy (non-hydrogen) atoms. The van der Waals surface area contributed by atoms with E-state index in [1.165, 1.54) is 0 Å². The zero-order valence-electron chi connectivity index (χ0n) is 23.6. The topological polar surface area (TPSA) is 118 Å². The molecule has 0 spiro atoms. The summed E-state index contributed by atoms with van der Waals surface area (Å²) in [6, 6.07) is 6.03. The number of aldehydes is 1. The van der Waals surface area contributed by atoms with Gasteiger partial charge in [-0.05, 0) is 52.2 Å². The van der Waals surface area contributed by atoms with E-state index >= 15 is 0 Å². The molecule has 3 heterocycles. The molecule has 0 radical (unpaired) electrons. The number of amides is 1. The Hall–Kier alpha value is -3.60. The van der Waals surface area contributed by atoms with Gasteiger partial charge in [0.15, 0.2) is 12.1 Å². The predicted octanol–water partition coefficient (Wildman–Crippen LogP) is 4.25. The summed E-state index contributed by atoms with van der Waals surface area (Å²) in [7, 11) is 1.63. The smallest absolute Gasteiger partial charge is 0.410 e. The van der Waals surface area contributed by atoms with Crippen LogP contribution in [0.4, 0.5) is 27.8 Å². The van der Waals surface area contributed by atoms with Gasteiger partial charge in [0.1, 0.15) is 22.9 Å². The maximum absolute atomic E-state index is 12.4. The summed E-state index contributed by atoms with van der Waals surface area (Å²) in [5, 5.41) is 6.76. The van der Waals surface area contributed by atoms with Crippen LogP contribution < -0.4 is 20.3 Å². The third-order valence-corrected chi connectivity index (χ3v) is 6.72. The minimum atomic E-state index is -0.521. The molecule has 1 aromatic heterocycles. The van der Waals surface area contributed by atoms with Gasteiger partial charge in [-0.3, -0.25) is 4.79 Å². The first-order valence-electron chi connectivity index (χ1n) is 13.6. The molecule has 0 bridgehead atoms. The van der Waals surface area contributed by atoms with E-state index in [1.807, 2.05) is 45.9 Å². The van der Waals surface area contributed by atoms with E-state index in [4.69, 9.17) is 19.2 Å². The first kappa shape index (κ1) is 28.4. The van der Waals surface area contributed by atoms with Gasteiger partial charge in [0.05, 0.1) is 18.5 Å². The number of hydrogen-bond donors (Lipinski definition) is 2. The molecule has 2 N–H and O–H groups in total. The van der Waals surface area contributed by atoms with Crippen molar-refractivity contribution >= 4 is 35.4 Å². The molecule has 0 aliphatic carbocycles. The molecular formula is C28H40N6O5. The number of nitrogens with one attached hydrogen (secondary N) is 2. The highest BCUT2D eigenvalue weighted by atomic mass is 16.6. The highest BCUT2D eigenvalue weighted by molar-refractivity contribution is 5.83. The number of ether oxygens (including phenoxy) is 3. The molecule has 0 atom stereocenters. The van der Waals surface area contributed by atoms with E-state index in [0.717, 1.165) is 36.2 Å². The Balaban J connectivity index is 1.49. The van der Waals surface area contributed by atoms with Crippen molar-refractivity contribution in [3.05, 3.63) is 29.6 Å². The molecule has 2 fully saturated rings. The second kappa shape index (κ2) is 12.5. The number of methoxy groups -OCH3 is 1. The van der Waals surface area contributed by atoms with Crippen molar-refractivity contribution in [1.82, 2.24) is 14.9 Å². The van der Waals surface area contributed by atoms with Crippen LogP contribution in [-0.2, 0) is 15.9 Å². The first-order chi connectivity index (χ1) is 18.7. The maximum atomic E-state index is 12.4. The predicted molar refractivity (Wildman–Crippen MR) is 151 cm³/mol. The Morgan fingerprint density at radius 1 is 1.13 bits per heavy atom. The summed E-state index contributed by atoms with van der Waals surface area (Å²) in [6.07, 6.45) is 2.88. The first-order valence-corrected chi connectivity index (χ1v) is 13.6. The van der Waals surface area contributed by atoms with Crippen molar-refractivity contribution in [1.29, 1.82) is 0 Å². The van der Waals surface area contributed by atoms with Crippen molar-refractivity contribution in [2.45, 2.75) is 58.6 Å². The zero-order chi connectivity index (χ0) is 28.0. The number of carbonyl (C=O) groups excluding carboxylic acids is 2. The number of aromatic nitrogens is 2. The molecule has 11 nitrogen and oxygen atoms in total. The fourth-order valence-electron chi connectivity index (χ4n) is 4.67. The summed E-state index contributed by atoms with van der Waals surface area (Å²) in [5.74, 6) is 1.75. The number of piperazine rings is 1. The van der Waals surface area contributed by atoms with Gasteiger partial charge in [0, 0.05) is 57.2 Å². The van der Waals surface area contributed by atoms with E-state index in [9.17, 15) is 9.59 Å².